The quantitative estimate of drug-likeness (QED) is 0.360. The summed E-state index contributed by atoms with van der Waals surface area (Å²) in [4.78, 5) is 25.7. The third-order valence-corrected chi connectivity index (χ3v) is 5.58. The third kappa shape index (κ3) is 3.35. The number of rotatable bonds is 4. The van der Waals surface area contributed by atoms with Crippen molar-refractivity contribution in [3.63, 3.8) is 0 Å². The summed E-state index contributed by atoms with van der Waals surface area (Å²) in [6, 6.07) is 15.4. The van der Waals surface area contributed by atoms with Crippen LogP contribution in [0, 0.1) is 0 Å². The lowest BCUT2D eigenvalue weighted by Crippen LogP contribution is -2.27. The van der Waals surface area contributed by atoms with Crippen LogP contribution in [0.25, 0.3) is 33.2 Å². The summed E-state index contributed by atoms with van der Waals surface area (Å²) in [5.41, 5.74) is 5.19. The number of carbonyl (C=O) groups excluding carboxylic acids is 1. The number of aromatic amines is 2. The average molecular weight is 461 g/mol. The van der Waals surface area contributed by atoms with Gasteiger partial charge in [0.1, 0.15) is 0 Å². The van der Waals surface area contributed by atoms with E-state index in [4.69, 9.17) is 0 Å². The number of fused-ring (bicyclic) bond motifs is 2. The minimum absolute atomic E-state index is 0.158. The molecular weight excluding hydrogens is 444 g/mol. The number of nitrogens with zero attached hydrogens (tertiary/aromatic N) is 3. The predicted molar refractivity (Wildman–Crippen MR) is 119 cm³/mol. The zero-order valence-corrected chi connectivity index (χ0v) is 17.6. The lowest BCUT2D eigenvalue weighted by molar-refractivity contribution is 0.0930. The van der Waals surface area contributed by atoms with E-state index >= 15 is 0 Å². The van der Waals surface area contributed by atoms with E-state index in [0.717, 1.165) is 32.2 Å². The Morgan fingerprint density at radius 3 is 2.43 bits per heavy atom. The van der Waals surface area contributed by atoms with Crippen molar-refractivity contribution in [3.8, 4) is 11.3 Å². The summed E-state index contributed by atoms with van der Waals surface area (Å²) in [7, 11) is 0. The molecule has 3 N–H and O–H groups in total. The van der Waals surface area contributed by atoms with Gasteiger partial charge in [0.15, 0.2) is 0 Å². The van der Waals surface area contributed by atoms with E-state index < -0.39 is 0 Å². The summed E-state index contributed by atoms with van der Waals surface area (Å²) in [6.45, 7) is 1.93. The lowest BCUT2D eigenvalue weighted by atomic mass is 10.1. The second kappa shape index (κ2) is 7.38. The Balaban J connectivity index is 1.45. The summed E-state index contributed by atoms with van der Waals surface area (Å²) >= 11 is 3.42. The highest BCUT2D eigenvalue weighted by atomic mass is 79.9. The molecule has 0 bridgehead atoms. The number of pyridine rings is 1. The van der Waals surface area contributed by atoms with Gasteiger partial charge >= 0.3 is 0 Å². The normalized spacial score (nSPS) is 12.3. The van der Waals surface area contributed by atoms with Crippen LogP contribution in [-0.2, 0) is 0 Å². The number of hydrogen-bond donors (Lipinski definition) is 3. The Morgan fingerprint density at radius 2 is 1.70 bits per heavy atom. The number of carbonyl (C=O) groups is 1. The Hall–Kier alpha value is -3.52. The SMILES string of the molecule is C[C@@H](NC(=O)c1nc2cc3[nH][nH]c(-c4ccncc4)c3cc2n1)c1ccc(Br)cc1. The second-order valence-corrected chi connectivity index (χ2v) is 7.96. The molecule has 8 heteroatoms. The minimum Gasteiger partial charge on any atom is -0.343 e. The first-order valence-corrected chi connectivity index (χ1v) is 10.2. The number of H-pyrrole nitrogens is 2. The van der Waals surface area contributed by atoms with Gasteiger partial charge in [-0.05, 0) is 48.9 Å². The molecule has 1 amide bonds. The highest BCUT2D eigenvalue weighted by molar-refractivity contribution is 9.10. The predicted octanol–water partition coefficient (Wildman–Crippen LogP) is 4.75. The van der Waals surface area contributed by atoms with Gasteiger partial charge in [0.25, 0.3) is 5.91 Å². The van der Waals surface area contributed by atoms with Crippen LogP contribution in [0.1, 0.15) is 29.1 Å². The third-order valence-electron chi connectivity index (χ3n) is 5.05. The first kappa shape index (κ1) is 18.5. The lowest BCUT2D eigenvalue weighted by Gasteiger charge is -2.13. The Kier molecular flexibility index (Phi) is 4.55. The van der Waals surface area contributed by atoms with Gasteiger partial charge in [-0.3, -0.25) is 14.9 Å². The van der Waals surface area contributed by atoms with E-state index in [9.17, 15) is 4.79 Å². The average Bonchev–Trinajstić information content (AvgIpc) is 3.36. The van der Waals surface area contributed by atoms with Gasteiger partial charge in [0.2, 0.25) is 5.82 Å². The zero-order chi connectivity index (χ0) is 20.7. The number of imidazole rings is 1. The fraction of sp³-hybridized carbons (Fsp3) is 0.0909. The maximum absolute atomic E-state index is 12.7. The maximum atomic E-state index is 12.7. The molecule has 5 aromatic rings. The zero-order valence-electron chi connectivity index (χ0n) is 16.0. The molecular formula is C22H17BrN6O. The number of amides is 1. The van der Waals surface area contributed by atoms with Gasteiger partial charge < -0.3 is 10.4 Å². The van der Waals surface area contributed by atoms with Crippen LogP contribution in [0.4, 0.5) is 0 Å². The van der Waals surface area contributed by atoms with Gasteiger partial charge in [-0.15, -0.1) is 0 Å². The van der Waals surface area contributed by atoms with Crippen molar-refractivity contribution in [1.82, 2.24) is 30.5 Å². The first-order valence-electron chi connectivity index (χ1n) is 9.43. The molecule has 0 saturated carbocycles. The van der Waals surface area contributed by atoms with E-state index in [1.165, 1.54) is 0 Å². The topological polar surface area (TPSA) is 99.3 Å². The Morgan fingerprint density at radius 1 is 1.00 bits per heavy atom. The van der Waals surface area contributed by atoms with Gasteiger partial charge in [0, 0.05) is 27.8 Å². The van der Waals surface area contributed by atoms with E-state index in [-0.39, 0.29) is 17.8 Å². The molecule has 2 aromatic carbocycles. The van der Waals surface area contributed by atoms with Crippen LogP contribution in [0.15, 0.2) is 65.4 Å². The summed E-state index contributed by atoms with van der Waals surface area (Å²) in [5, 5.41) is 10.3. The van der Waals surface area contributed by atoms with Gasteiger partial charge in [-0.2, -0.15) is 0 Å². The van der Waals surface area contributed by atoms with Crippen molar-refractivity contribution in [3.05, 3.63) is 76.8 Å². The smallest absolute Gasteiger partial charge is 0.289 e. The number of hydrogen-bond acceptors (Lipinski definition) is 4. The van der Waals surface area contributed by atoms with Crippen molar-refractivity contribution in [2.45, 2.75) is 13.0 Å². The Labute approximate surface area is 180 Å². The molecule has 1 atom stereocenters. The van der Waals surface area contributed by atoms with Crippen molar-refractivity contribution < 1.29 is 4.79 Å². The molecule has 30 heavy (non-hydrogen) atoms. The second-order valence-electron chi connectivity index (χ2n) is 7.04. The van der Waals surface area contributed by atoms with Crippen molar-refractivity contribution in [2.24, 2.45) is 0 Å². The molecule has 7 nitrogen and oxygen atoms in total. The molecule has 3 heterocycles. The Bertz CT molecular complexity index is 1360. The number of aromatic nitrogens is 5. The molecule has 3 aromatic heterocycles. The minimum atomic E-state index is -0.300. The summed E-state index contributed by atoms with van der Waals surface area (Å²) in [5.74, 6) is -0.137. The standard InChI is InChI=1S/C22H17BrN6O/c1-12(13-2-4-15(23)5-3-13)25-22(30)21-26-18-10-16-17(11-19(18)27-21)28-29-20(16)14-6-8-24-9-7-14/h2-12,28-29H,1H3,(H,25,30)/t12-/m1/s1. The summed E-state index contributed by atoms with van der Waals surface area (Å²) < 4.78 is 0.995. The molecule has 0 saturated heterocycles. The molecule has 5 rings (SSSR count). The monoisotopic (exact) mass is 460 g/mol. The molecule has 0 aliphatic carbocycles. The molecule has 0 aliphatic heterocycles. The van der Waals surface area contributed by atoms with Crippen LogP contribution < -0.4 is 5.32 Å². The molecule has 148 valence electrons. The highest BCUT2D eigenvalue weighted by Crippen LogP contribution is 2.29. The van der Waals surface area contributed by atoms with E-state index in [0.29, 0.717) is 11.0 Å². The van der Waals surface area contributed by atoms with Crippen LogP contribution in [0.3, 0.4) is 0 Å². The van der Waals surface area contributed by atoms with Crippen LogP contribution in [0.2, 0.25) is 0 Å². The molecule has 0 spiro atoms. The molecule has 0 aliphatic rings. The fourth-order valence-electron chi connectivity index (χ4n) is 3.46. The molecule has 0 unspecified atom stereocenters. The van der Waals surface area contributed by atoms with Crippen LogP contribution in [0.5, 0.6) is 0 Å². The van der Waals surface area contributed by atoms with E-state index in [1.54, 1.807) is 12.4 Å². The molecule has 0 radical (unpaired) electrons. The van der Waals surface area contributed by atoms with E-state index in [1.807, 2.05) is 55.5 Å². The highest BCUT2D eigenvalue weighted by Gasteiger charge is 2.18. The van der Waals surface area contributed by atoms with Crippen molar-refractivity contribution in [2.75, 3.05) is 0 Å². The van der Waals surface area contributed by atoms with Gasteiger partial charge in [0.05, 0.1) is 28.3 Å². The van der Waals surface area contributed by atoms with Crippen LogP contribution >= 0.6 is 15.9 Å². The fourth-order valence-corrected chi connectivity index (χ4v) is 3.72. The van der Waals surface area contributed by atoms with Gasteiger partial charge in [-0.25, -0.2) is 9.97 Å². The van der Waals surface area contributed by atoms with Crippen LogP contribution in [-0.4, -0.2) is 31.1 Å². The number of halogens is 1. The number of nitrogens with one attached hydrogen (secondary N) is 3. The number of benzene rings is 2. The summed E-state index contributed by atoms with van der Waals surface area (Å²) in [6.07, 6.45) is 3.50. The van der Waals surface area contributed by atoms with E-state index in [2.05, 4.69) is 46.4 Å². The van der Waals surface area contributed by atoms with Gasteiger partial charge in [-0.1, -0.05) is 28.1 Å². The largest absolute Gasteiger partial charge is 0.343 e. The van der Waals surface area contributed by atoms with Crippen molar-refractivity contribution in [1.29, 1.82) is 0 Å². The van der Waals surface area contributed by atoms with Crippen molar-refractivity contribution >= 4 is 43.8 Å². The molecule has 0 fully saturated rings. The maximum Gasteiger partial charge on any atom is 0.289 e. The first-order chi connectivity index (χ1) is 14.6.